The number of alkyl halides is 3. The van der Waals surface area contributed by atoms with Crippen LogP contribution in [0.4, 0.5) is 13.2 Å². The number of thioether (sulfide) groups is 1. The van der Waals surface area contributed by atoms with E-state index in [2.05, 4.69) is 0 Å². The van der Waals surface area contributed by atoms with Crippen molar-refractivity contribution >= 4 is 11.8 Å². The van der Waals surface area contributed by atoms with Crippen molar-refractivity contribution in [2.24, 2.45) is 0 Å². The van der Waals surface area contributed by atoms with Crippen LogP contribution in [0, 0.1) is 0 Å². The van der Waals surface area contributed by atoms with Gasteiger partial charge in [-0.05, 0) is 30.5 Å². The molecule has 1 heterocycles. The summed E-state index contributed by atoms with van der Waals surface area (Å²) in [5.74, 6) is 0.529. The molecule has 1 unspecified atom stereocenters. The Labute approximate surface area is 114 Å². The molecule has 0 saturated carbocycles. The smallest absolute Gasteiger partial charge is 0.392 e. The summed E-state index contributed by atoms with van der Waals surface area (Å²) in [5, 5.41) is 8.93. The highest BCUT2D eigenvalue weighted by atomic mass is 32.2. The number of hydrogen-bond acceptors (Lipinski definition) is 3. The lowest BCUT2D eigenvalue weighted by atomic mass is 10.1. The summed E-state index contributed by atoms with van der Waals surface area (Å²) >= 11 is 1.16. The van der Waals surface area contributed by atoms with Gasteiger partial charge in [0.2, 0.25) is 0 Å². The first-order valence-electron chi connectivity index (χ1n) is 6.06. The quantitative estimate of drug-likeness (QED) is 0.862. The van der Waals surface area contributed by atoms with Crippen LogP contribution < -0.4 is 0 Å². The molecular formula is C13H15F3O2S. The largest absolute Gasteiger partial charge is 0.417 e. The molecule has 1 fully saturated rings. The zero-order valence-corrected chi connectivity index (χ0v) is 11.1. The fourth-order valence-corrected chi connectivity index (χ4v) is 3.10. The van der Waals surface area contributed by atoms with Crippen LogP contribution in [-0.4, -0.2) is 23.6 Å². The van der Waals surface area contributed by atoms with Crippen LogP contribution in [-0.2, 0) is 17.5 Å². The van der Waals surface area contributed by atoms with E-state index in [9.17, 15) is 13.2 Å². The third-order valence-electron chi connectivity index (χ3n) is 2.98. The minimum atomic E-state index is -4.40. The van der Waals surface area contributed by atoms with Crippen molar-refractivity contribution in [2.75, 3.05) is 12.4 Å². The summed E-state index contributed by atoms with van der Waals surface area (Å²) in [6.07, 6.45) is -2.47. The molecule has 0 radical (unpaired) electrons. The summed E-state index contributed by atoms with van der Waals surface area (Å²) in [5.41, 5.74) is -0.407. The molecule has 1 aliphatic heterocycles. The van der Waals surface area contributed by atoms with Gasteiger partial charge in [-0.1, -0.05) is 6.07 Å². The number of ether oxygens (including phenoxy) is 1. The first kappa shape index (κ1) is 14.7. The van der Waals surface area contributed by atoms with Crippen molar-refractivity contribution in [1.82, 2.24) is 0 Å². The topological polar surface area (TPSA) is 29.5 Å². The van der Waals surface area contributed by atoms with Crippen molar-refractivity contribution in [3.05, 3.63) is 29.3 Å². The Kier molecular flexibility index (Phi) is 4.76. The van der Waals surface area contributed by atoms with Gasteiger partial charge in [-0.15, -0.1) is 11.8 Å². The predicted octanol–water partition coefficient (Wildman–Crippen LogP) is 3.47. The van der Waals surface area contributed by atoms with Crippen LogP contribution in [0.2, 0.25) is 0 Å². The Balaban J connectivity index is 2.13. The van der Waals surface area contributed by atoms with Gasteiger partial charge in [0.25, 0.3) is 0 Å². The maximum absolute atomic E-state index is 12.9. The Bertz CT molecular complexity index is 428. The highest BCUT2D eigenvalue weighted by Crippen LogP contribution is 2.38. The molecule has 0 spiro atoms. The second-order valence-corrected chi connectivity index (χ2v) is 5.49. The number of benzene rings is 1. The molecule has 0 amide bonds. The second kappa shape index (κ2) is 6.15. The molecule has 1 aliphatic rings. The molecule has 106 valence electrons. The molecule has 2 nitrogen and oxygen atoms in total. The summed E-state index contributed by atoms with van der Waals surface area (Å²) in [7, 11) is 0. The van der Waals surface area contributed by atoms with Crippen LogP contribution >= 0.6 is 11.8 Å². The standard InChI is InChI=1S/C13H15F3O2S/c14-13(15,16)11-6-9(7-17)3-4-12(11)19-8-10-2-1-5-18-10/h3-4,6,10,17H,1-2,5,7-8H2. The highest BCUT2D eigenvalue weighted by molar-refractivity contribution is 7.99. The second-order valence-electron chi connectivity index (χ2n) is 4.43. The lowest BCUT2D eigenvalue weighted by molar-refractivity contribution is -0.139. The van der Waals surface area contributed by atoms with Crippen molar-refractivity contribution in [3.63, 3.8) is 0 Å². The lowest BCUT2D eigenvalue weighted by Crippen LogP contribution is -2.11. The van der Waals surface area contributed by atoms with E-state index in [1.54, 1.807) is 0 Å². The summed E-state index contributed by atoms with van der Waals surface area (Å²) in [4.78, 5) is 0.195. The Morgan fingerprint density at radius 1 is 1.37 bits per heavy atom. The Hall–Kier alpha value is -0.720. The fraction of sp³-hybridized carbons (Fsp3) is 0.538. The van der Waals surface area contributed by atoms with E-state index < -0.39 is 11.7 Å². The molecule has 0 aliphatic carbocycles. The summed E-state index contributed by atoms with van der Waals surface area (Å²) < 4.78 is 44.2. The molecule has 1 saturated heterocycles. The average Bonchev–Trinajstić information content (AvgIpc) is 2.88. The summed E-state index contributed by atoms with van der Waals surface area (Å²) in [6, 6.07) is 3.96. The van der Waals surface area contributed by atoms with Gasteiger partial charge in [0.05, 0.1) is 18.3 Å². The molecular weight excluding hydrogens is 277 g/mol. The van der Waals surface area contributed by atoms with E-state index in [0.29, 0.717) is 12.4 Å². The minimum Gasteiger partial charge on any atom is -0.392 e. The predicted molar refractivity (Wildman–Crippen MR) is 67.1 cm³/mol. The molecule has 1 aromatic rings. The Morgan fingerprint density at radius 3 is 2.74 bits per heavy atom. The number of aliphatic hydroxyl groups is 1. The van der Waals surface area contributed by atoms with E-state index in [0.717, 1.165) is 30.7 Å². The maximum Gasteiger partial charge on any atom is 0.417 e. The van der Waals surface area contributed by atoms with Crippen LogP contribution in [0.15, 0.2) is 23.1 Å². The molecule has 19 heavy (non-hydrogen) atoms. The van der Waals surface area contributed by atoms with E-state index in [4.69, 9.17) is 9.84 Å². The fourth-order valence-electron chi connectivity index (χ4n) is 1.98. The van der Waals surface area contributed by atoms with Crippen molar-refractivity contribution in [2.45, 2.75) is 36.6 Å². The van der Waals surface area contributed by atoms with Crippen molar-refractivity contribution in [3.8, 4) is 0 Å². The molecule has 2 rings (SSSR count). The Morgan fingerprint density at radius 2 is 2.16 bits per heavy atom. The first-order chi connectivity index (χ1) is 9.00. The van der Waals surface area contributed by atoms with Crippen LogP contribution in [0.3, 0.4) is 0 Å². The van der Waals surface area contributed by atoms with Gasteiger partial charge in [-0.3, -0.25) is 0 Å². The zero-order chi connectivity index (χ0) is 13.9. The van der Waals surface area contributed by atoms with Gasteiger partial charge in [-0.25, -0.2) is 0 Å². The number of rotatable bonds is 4. The van der Waals surface area contributed by atoms with Gasteiger partial charge in [0.15, 0.2) is 0 Å². The molecule has 0 aromatic heterocycles. The van der Waals surface area contributed by atoms with E-state index in [1.807, 2.05) is 0 Å². The lowest BCUT2D eigenvalue weighted by Gasteiger charge is -2.15. The molecule has 1 aromatic carbocycles. The van der Waals surface area contributed by atoms with Crippen LogP contribution in [0.1, 0.15) is 24.0 Å². The van der Waals surface area contributed by atoms with Gasteiger partial charge in [0, 0.05) is 17.3 Å². The third-order valence-corrected chi connectivity index (χ3v) is 4.19. The SMILES string of the molecule is OCc1ccc(SCC2CCCO2)c(C(F)(F)F)c1. The molecule has 1 atom stereocenters. The minimum absolute atomic E-state index is 0.0450. The van der Waals surface area contributed by atoms with Crippen molar-refractivity contribution < 1.29 is 23.0 Å². The van der Waals surface area contributed by atoms with E-state index in [-0.39, 0.29) is 23.2 Å². The van der Waals surface area contributed by atoms with E-state index >= 15 is 0 Å². The summed E-state index contributed by atoms with van der Waals surface area (Å²) in [6.45, 7) is 0.306. The molecule has 0 bridgehead atoms. The van der Waals surface area contributed by atoms with E-state index in [1.165, 1.54) is 12.1 Å². The molecule has 6 heteroatoms. The third kappa shape index (κ3) is 3.87. The monoisotopic (exact) mass is 292 g/mol. The number of hydrogen-bond donors (Lipinski definition) is 1. The highest BCUT2D eigenvalue weighted by Gasteiger charge is 2.34. The van der Waals surface area contributed by atoms with Gasteiger partial charge >= 0.3 is 6.18 Å². The normalized spacial score (nSPS) is 19.9. The number of halogens is 3. The van der Waals surface area contributed by atoms with Crippen LogP contribution in [0.25, 0.3) is 0 Å². The molecule has 1 N–H and O–H groups in total. The average molecular weight is 292 g/mol. The maximum atomic E-state index is 12.9. The number of aliphatic hydroxyl groups excluding tert-OH is 1. The van der Waals surface area contributed by atoms with Gasteiger partial charge in [0.1, 0.15) is 0 Å². The van der Waals surface area contributed by atoms with Crippen molar-refractivity contribution in [1.29, 1.82) is 0 Å². The van der Waals surface area contributed by atoms with Gasteiger partial charge < -0.3 is 9.84 Å². The zero-order valence-electron chi connectivity index (χ0n) is 10.2. The van der Waals surface area contributed by atoms with Gasteiger partial charge in [-0.2, -0.15) is 13.2 Å². The van der Waals surface area contributed by atoms with Crippen LogP contribution in [0.5, 0.6) is 0 Å². The first-order valence-corrected chi connectivity index (χ1v) is 7.04.